The van der Waals surface area contributed by atoms with Gasteiger partial charge in [0.1, 0.15) is 0 Å². The van der Waals surface area contributed by atoms with Gasteiger partial charge in [-0.05, 0) is 47.9 Å². The number of hydrogen-bond donors (Lipinski definition) is 1. The van der Waals surface area contributed by atoms with Crippen molar-refractivity contribution in [1.29, 1.82) is 0 Å². The molecular weight excluding hydrogens is 266 g/mol. The van der Waals surface area contributed by atoms with Gasteiger partial charge in [0.15, 0.2) is 0 Å². The minimum Gasteiger partial charge on any atom is -0.351 e. The largest absolute Gasteiger partial charge is 0.351 e. The minimum atomic E-state index is -0.0482. The molecule has 1 heterocycles. The quantitative estimate of drug-likeness (QED) is 0.902. The first-order chi connectivity index (χ1) is 9.40. The minimum absolute atomic E-state index is 0.00880. The van der Waals surface area contributed by atoms with Crippen molar-refractivity contribution in [2.24, 2.45) is 0 Å². The molecule has 0 aliphatic heterocycles. The van der Waals surface area contributed by atoms with E-state index >= 15 is 0 Å². The predicted molar refractivity (Wildman–Crippen MR) is 85.6 cm³/mol. The highest BCUT2D eigenvalue weighted by Gasteiger charge is 2.22. The van der Waals surface area contributed by atoms with Crippen LogP contribution in [0.1, 0.15) is 40.9 Å². The summed E-state index contributed by atoms with van der Waals surface area (Å²) in [4.78, 5) is 12.3. The number of aryl methyl sites for hydroxylation is 2. The molecule has 106 valence electrons. The van der Waals surface area contributed by atoms with E-state index in [0.29, 0.717) is 6.54 Å². The molecule has 1 aromatic carbocycles. The molecule has 0 spiro atoms. The molecule has 0 fully saturated rings. The highest BCUT2D eigenvalue weighted by atomic mass is 32.1. The van der Waals surface area contributed by atoms with E-state index in [-0.39, 0.29) is 11.3 Å². The van der Waals surface area contributed by atoms with Crippen LogP contribution in [0.2, 0.25) is 0 Å². The molecule has 0 saturated carbocycles. The maximum atomic E-state index is 12.3. The fourth-order valence-corrected chi connectivity index (χ4v) is 2.98. The topological polar surface area (TPSA) is 29.1 Å². The molecule has 0 aliphatic carbocycles. The van der Waals surface area contributed by atoms with Gasteiger partial charge in [-0.15, -0.1) is 0 Å². The predicted octanol–water partition coefficient (Wildman–Crippen LogP) is 4.07. The van der Waals surface area contributed by atoms with E-state index in [4.69, 9.17) is 0 Å². The smallest absolute Gasteiger partial charge is 0.251 e. The number of carbonyl (C=O) groups is 1. The number of rotatable bonds is 4. The van der Waals surface area contributed by atoms with Crippen LogP contribution in [0, 0.1) is 13.8 Å². The lowest BCUT2D eigenvalue weighted by Crippen LogP contribution is -2.36. The summed E-state index contributed by atoms with van der Waals surface area (Å²) in [6.07, 6.45) is 0. The lowest BCUT2D eigenvalue weighted by Gasteiger charge is -2.24. The molecule has 0 aliphatic rings. The first-order valence-corrected chi connectivity index (χ1v) is 7.72. The van der Waals surface area contributed by atoms with Gasteiger partial charge < -0.3 is 5.32 Å². The first kappa shape index (κ1) is 14.8. The van der Waals surface area contributed by atoms with E-state index in [1.165, 1.54) is 5.56 Å². The van der Waals surface area contributed by atoms with Crippen molar-refractivity contribution < 1.29 is 4.79 Å². The van der Waals surface area contributed by atoms with Crippen molar-refractivity contribution in [3.63, 3.8) is 0 Å². The van der Waals surface area contributed by atoms with E-state index in [9.17, 15) is 4.79 Å². The molecule has 3 heteroatoms. The van der Waals surface area contributed by atoms with Crippen LogP contribution in [0.25, 0.3) is 0 Å². The van der Waals surface area contributed by atoms with Crippen molar-refractivity contribution in [1.82, 2.24) is 5.32 Å². The Morgan fingerprint density at radius 3 is 2.65 bits per heavy atom. The summed E-state index contributed by atoms with van der Waals surface area (Å²) < 4.78 is 0. The maximum absolute atomic E-state index is 12.3. The molecule has 0 radical (unpaired) electrons. The van der Waals surface area contributed by atoms with Gasteiger partial charge >= 0.3 is 0 Å². The molecule has 20 heavy (non-hydrogen) atoms. The Morgan fingerprint density at radius 1 is 1.25 bits per heavy atom. The second kappa shape index (κ2) is 5.80. The van der Waals surface area contributed by atoms with E-state index in [2.05, 4.69) is 36.0 Å². The highest BCUT2D eigenvalue weighted by Crippen LogP contribution is 2.24. The van der Waals surface area contributed by atoms with E-state index in [1.807, 2.05) is 32.0 Å². The van der Waals surface area contributed by atoms with Gasteiger partial charge in [0, 0.05) is 17.5 Å². The highest BCUT2D eigenvalue weighted by molar-refractivity contribution is 7.08. The first-order valence-electron chi connectivity index (χ1n) is 6.78. The Labute approximate surface area is 124 Å². The number of carbonyl (C=O) groups excluding carboxylic acids is 1. The van der Waals surface area contributed by atoms with Gasteiger partial charge in [-0.25, -0.2) is 0 Å². The number of amides is 1. The van der Waals surface area contributed by atoms with Crippen molar-refractivity contribution >= 4 is 17.2 Å². The third kappa shape index (κ3) is 3.28. The van der Waals surface area contributed by atoms with Gasteiger partial charge in [-0.1, -0.05) is 31.5 Å². The molecule has 1 amide bonds. The lowest BCUT2D eigenvalue weighted by atomic mass is 9.86. The van der Waals surface area contributed by atoms with Crippen LogP contribution in [0.4, 0.5) is 0 Å². The second-order valence-corrected chi connectivity index (χ2v) is 6.68. The molecule has 1 aromatic heterocycles. The van der Waals surface area contributed by atoms with Gasteiger partial charge in [0.2, 0.25) is 0 Å². The lowest BCUT2D eigenvalue weighted by molar-refractivity contribution is 0.0945. The Balaban J connectivity index is 2.07. The third-order valence-corrected chi connectivity index (χ3v) is 4.31. The standard InChI is InChI=1S/C17H21NOS/c1-12-5-6-13(2)15(9-12)16(19)18-11-17(3,4)14-7-8-20-10-14/h5-10H,11H2,1-4H3,(H,18,19). The molecular formula is C17H21NOS. The average Bonchev–Trinajstić information content (AvgIpc) is 2.93. The van der Waals surface area contributed by atoms with Gasteiger partial charge in [-0.3, -0.25) is 4.79 Å². The van der Waals surface area contributed by atoms with Crippen LogP contribution in [0.5, 0.6) is 0 Å². The SMILES string of the molecule is Cc1ccc(C)c(C(=O)NCC(C)(C)c2ccsc2)c1. The Bertz CT molecular complexity index is 599. The van der Waals surface area contributed by atoms with Crippen molar-refractivity contribution in [2.75, 3.05) is 6.54 Å². The number of nitrogens with one attached hydrogen (secondary N) is 1. The summed E-state index contributed by atoms with van der Waals surface area (Å²) in [5.74, 6) is 0.00880. The van der Waals surface area contributed by atoms with E-state index < -0.39 is 0 Å². The number of benzene rings is 1. The van der Waals surface area contributed by atoms with Gasteiger partial charge in [0.05, 0.1) is 0 Å². The van der Waals surface area contributed by atoms with Crippen molar-refractivity contribution in [3.8, 4) is 0 Å². The zero-order valence-electron chi connectivity index (χ0n) is 12.5. The maximum Gasteiger partial charge on any atom is 0.251 e. The normalized spacial score (nSPS) is 11.4. The average molecular weight is 287 g/mol. The molecule has 0 saturated heterocycles. The molecule has 2 nitrogen and oxygen atoms in total. The van der Waals surface area contributed by atoms with Crippen molar-refractivity contribution in [2.45, 2.75) is 33.1 Å². The third-order valence-electron chi connectivity index (χ3n) is 3.63. The fourth-order valence-electron chi connectivity index (χ4n) is 2.13. The van der Waals surface area contributed by atoms with Crippen LogP contribution in [0.3, 0.4) is 0 Å². The number of thiophene rings is 1. The fraction of sp³-hybridized carbons (Fsp3) is 0.353. The van der Waals surface area contributed by atoms with Gasteiger partial charge in [-0.2, -0.15) is 11.3 Å². The van der Waals surface area contributed by atoms with Crippen LogP contribution >= 0.6 is 11.3 Å². The summed E-state index contributed by atoms with van der Waals surface area (Å²) in [7, 11) is 0. The molecule has 1 N–H and O–H groups in total. The van der Waals surface area contributed by atoms with Crippen molar-refractivity contribution in [3.05, 3.63) is 57.3 Å². The Hall–Kier alpha value is -1.61. The molecule has 0 atom stereocenters. The van der Waals surface area contributed by atoms with E-state index in [0.717, 1.165) is 16.7 Å². The second-order valence-electron chi connectivity index (χ2n) is 5.90. The monoisotopic (exact) mass is 287 g/mol. The van der Waals surface area contributed by atoms with Crippen LogP contribution < -0.4 is 5.32 Å². The summed E-state index contributed by atoms with van der Waals surface area (Å²) in [6.45, 7) is 8.91. The van der Waals surface area contributed by atoms with Gasteiger partial charge in [0.25, 0.3) is 5.91 Å². The summed E-state index contributed by atoms with van der Waals surface area (Å²) in [5.41, 5.74) is 4.11. The summed E-state index contributed by atoms with van der Waals surface area (Å²) >= 11 is 1.69. The number of hydrogen-bond acceptors (Lipinski definition) is 2. The van der Waals surface area contributed by atoms with Crippen LogP contribution in [0.15, 0.2) is 35.0 Å². The molecule has 0 unspecified atom stereocenters. The van der Waals surface area contributed by atoms with Crippen LogP contribution in [-0.2, 0) is 5.41 Å². The van der Waals surface area contributed by atoms with E-state index in [1.54, 1.807) is 11.3 Å². The Morgan fingerprint density at radius 2 is 2.00 bits per heavy atom. The summed E-state index contributed by atoms with van der Waals surface area (Å²) in [5, 5.41) is 7.28. The molecule has 0 bridgehead atoms. The zero-order valence-corrected chi connectivity index (χ0v) is 13.3. The molecule has 2 aromatic rings. The molecule has 2 rings (SSSR count). The summed E-state index contributed by atoms with van der Waals surface area (Å²) in [6, 6.07) is 8.09. The van der Waals surface area contributed by atoms with Crippen LogP contribution in [-0.4, -0.2) is 12.5 Å². The Kier molecular flexibility index (Phi) is 4.29. The zero-order chi connectivity index (χ0) is 14.8.